The van der Waals surface area contributed by atoms with E-state index in [1.165, 1.54) is 45.7 Å². The lowest BCUT2D eigenvalue weighted by Crippen LogP contribution is -2.30. The largest absolute Gasteiger partial charge is 0.496 e. The first-order valence-electron chi connectivity index (χ1n) is 20.2. The number of Topliss-reactive ketones (excluding diaryl/α,β-unsaturated/α-hetero) is 1. The van der Waals surface area contributed by atoms with E-state index < -0.39 is 17.0 Å². The second-order valence-electron chi connectivity index (χ2n) is 16.4. The number of pyridine rings is 1. The molecule has 320 valence electrons. The summed E-state index contributed by atoms with van der Waals surface area (Å²) in [5.74, 6) is 3.07. The molecule has 2 heterocycles. The van der Waals surface area contributed by atoms with E-state index in [0.717, 1.165) is 46.4 Å². The zero-order chi connectivity index (χ0) is 42.1. The monoisotopic (exact) mass is 837 g/mol. The molecule has 0 radical (unpaired) electrons. The summed E-state index contributed by atoms with van der Waals surface area (Å²) >= 11 is 0. The first-order valence-corrected chi connectivity index (χ1v) is 21.8. The topological polar surface area (TPSA) is 163 Å². The van der Waals surface area contributed by atoms with E-state index in [0.29, 0.717) is 58.5 Å². The zero-order valence-corrected chi connectivity index (χ0v) is 36.6. The number of anilines is 3. The van der Waals surface area contributed by atoms with Gasteiger partial charge in [0.25, 0.3) is 0 Å². The lowest BCUT2D eigenvalue weighted by molar-refractivity contribution is 0.0975. The van der Waals surface area contributed by atoms with Crippen molar-refractivity contribution in [1.29, 1.82) is 0 Å². The third-order valence-electron chi connectivity index (χ3n) is 10.9. The summed E-state index contributed by atoms with van der Waals surface area (Å²) in [6, 6.07) is 24.1. The van der Waals surface area contributed by atoms with Crippen molar-refractivity contribution in [3.05, 3.63) is 107 Å². The van der Waals surface area contributed by atoms with Crippen LogP contribution in [0.1, 0.15) is 86.5 Å². The Labute approximate surface area is 356 Å². The maximum Gasteiger partial charge on any atom is 0.323 e. The van der Waals surface area contributed by atoms with E-state index in [2.05, 4.69) is 53.1 Å². The Bertz CT molecular complexity index is 2300. The number of aromatic nitrogens is 1. The Morgan fingerprint density at radius 3 is 2.27 bits per heavy atom. The number of ketones is 1. The van der Waals surface area contributed by atoms with Crippen molar-refractivity contribution in [2.45, 2.75) is 71.1 Å². The van der Waals surface area contributed by atoms with Crippen LogP contribution in [-0.4, -0.2) is 72.0 Å². The molecule has 1 unspecified atom stereocenters. The number of nitrogens with one attached hydrogen (secondary N) is 3. The van der Waals surface area contributed by atoms with Gasteiger partial charge in [0.2, 0.25) is 0 Å². The molecule has 0 bridgehead atoms. The SMILES string of the molecule is COc1cc(Cc2cc(Oc3ccc(NC(=O)Nc4cc(C(C)(C)C)cc(NS(C)=O)c4OC)c4ccccc34)ccn2)ccc1C(=O)CCCCC1CCN(C)CC1.O. The van der Waals surface area contributed by atoms with Crippen LogP contribution in [-0.2, 0) is 22.8 Å². The smallest absolute Gasteiger partial charge is 0.323 e. The summed E-state index contributed by atoms with van der Waals surface area (Å²) in [5.41, 5.74) is 4.61. The van der Waals surface area contributed by atoms with E-state index in [1.807, 2.05) is 72.8 Å². The molecule has 1 atom stereocenters. The highest BCUT2D eigenvalue weighted by Gasteiger charge is 2.22. The average molecular weight is 838 g/mol. The number of piperidine rings is 1. The third-order valence-corrected chi connectivity index (χ3v) is 11.4. The number of ether oxygens (including phenoxy) is 3. The van der Waals surface area contributed by atoms with Crippen LogP contribution in [0.2, 0.25) is 0 Å². The highest BCUT2D eigenvalue weighted by Crippen LogP contribution is 2.40. The molecule has 13 heteroatoms. The van der Waals surface area contributed by atoms with Crippen LogP contribution >= 0.6 is 0 Å². The molecule has 5 aromatic rings. The molecule has 1 aliphatic rings. The number of amides is 2. The molecule has 1 saturated heterocycles. The zero-order valence-electron chi connectivity index (χ0n) is 35.8. The van der Waals surface area contributed by atoms with Crippen molar-refractivity contribution in [2.24, 2.45) is 5.92 Å². The highest BCUT2D eigenvalue weighted by molar-refractivity contribution is 7.85. The number of hydrogen-bond acceptors (Lipinski definition) is 8. The van der Waals surface area contributed by atoms with E-state index >= 15 is 0 Å². The van der Waals surface area contributed by atoms with Crippen LogP contribution in [0.15, 0.2) is 85.1 Å². The molecule has 12 nitrogen and oxygen atoms in total. The van der Waals surface area contributed by atoms with Gasteiger partial charge in [-0.15, -0.1) is 0 Å². The molecule has 60 heavy (non-hydrogen) atoms. The van der Waals surface area contributed by atoms with Gasteiger partial charge in [0.1, 0.15) is 28.2 Å². The molecule has 0 aliphatic carbocycles. The van der Waals surface area contributed by atoms with E-state index in [-0.39, 0.29) is 16.7 Å². The summed E-state index contributed by atoms with van der Waals surface area (Å²) in [7, 11) is 3.94. The van der Waals surface area contributed by atoms with Gasteiger partial charge in [-0.05, 0) is 104 Å². The molecular weight excluding hydrogens is 779 g/mol. The van der Waals surface area contributed by atoms with Crippen LogP contribution in [0.4, 0.5) is 21.9 Å². The Morgan fingerprint density at radius 2 is 1.57 bits per heavy atom. The number of methoxy groups -OCH3 is 2. The summed E-state index contributed by atoms with van der Waals surface area (Å²) in [4.78, 5) is 33.7. The van der Waals surface area contributed by atoms with Crippen molar-refractivity contribution in [1.82, 2.24) is 9.88 Å². The van der Waals surface area contributed by atoms with Gasteiger partial charge in [0, 0.05) is 47.8 Å². The van der Waals surface area contributed by atoms with Gasteiger partial charge >= 0.3 is 6.03 Å². The van der Waals surface area contributed by atoms with Crippen LogP contribution in [0, 0.1) is 5.92 Å². The standard InChI is InChI=1S/C47H57N5O6S.H2O/c1-47(2,3)33-28-40(45(57-6)41(29-33)51-59(7)55)50-46(54)49-39-18-19-43(37-14-10-9-13-36(37)39)58-35-20-23-48-34(30-35)26-32-16-17-38(44(27-32)56-5)42(53)15-11-8-12-31-21-24-52(4)25-22-31;/h9-10,13-14,16-20,23,27-31,51H,8,11-12,15,21-22,24-26H2,1-7H3,(H2,49,50,54);1H2. The summed E-state index contributed by atoms with van der Waals surface area (Å²) in [6.45, 7) is 8.53. The number of urea groups is 1. The Balaban J connectivity index is 0.00000683. The minimum Gasteiger partial charge on any atom is -0.496 e. The molecule has 2 amide bonds. The van der Waals surface area contributed by atoms with Gasteiger partial charge in [0.05, 0.1) is 36.8 Å². The molecule has 4 aromatic carbocycles. The number of fused-ring (bicyclic) bond motifs is 1. The van der Waals surface area contributed by atoms with Crippen LogP contribution in [0.5, 0.6) is 23.0 Å². The van der Waals surface area contributed by atoms with Gasteiger partial charge in [-0.3, -0.25) is 9.78 Å². The Morgan fingerprint density at radius 1 is 0.850 bits per heavy atom. The summed E-state index contributed by atoms with van der Waals surface area (Å²) in [6.07, 6.45) is 9.97. The summed E-state index contributed by atoms with van der Waals surface area (Å²) < 4.78 is 32.8. The van der Waals surface area contributed by atoms with Crippen molar-refractivity contribution < 1.29 is 33.5 Å². The number of hydrogen-bond donors (Lipinski definition) is 3. The van der Waals surface area contributed by atoms with Crippen LogP contribution in [0.25, 0.3) is 10.8 Å². The summed E-state index contributed by atoms with van der Waals surface area (Å²) in [5, 5.41) is 7.52. The quantitative estimate of drug-likeness (QED) is 0.0654. The lowest BCUT2D eigenvalue weighted by Gasteiger charge is -2.28. The number of likely N-dealkylation sites (tertiary alicyclic amines) is 1. The molecular formula is C47H59N5O7S. The fourth-order valence-corrected chi connectivity index (χ4v) is 8.04. The number of unbranched alkanes of at least 4 members (excludes halogenated alkanes) is 1. The van der Waals surface area contributed by atoms with Gasteiger partial charge < -0.3 is 39.9 Å². The Kier molecular flexibility index (Phi) is 15.7. The minimum atomic E-state index is -1.36. The molecule has 1 aromatic heterocycles. The van der Waals surface area contributed by atoms with Crippen LogP contribution < -0.4 is 29.6 Å². The lowest BCUT2D eigenvalue weighted by atomic mass is 9.86. The van der Waals surface area contributed by atoms with Gasteiger partial charge in [-0.2, -0.15) is 0 Å². The fraction of sp³-hybridized carbons (Fsp3) is 0.383. The maximum atomic E-state index is 13.5. The fourth-order valence-electron chi connectivity index (χ4n) is 7.58. The van der Waals surface area contributed by atoms with E-state index in [1.54, 1.807) is 19.4 Å². The first kappa shape index (κ1) is 45.6. The molecule has 0 saturated carbocycles. The van der Waals surface area contributed by atoms with Crippen molar-refractivity contribution in [3.8, 4) is 23.0 Å². The molecule has 1 aliphatic heterocycles. The second-order valence-corrected chi connectivity index (χ2v) is 17.5. The third kappa shape index (κ3) is 11.8. The molecule has 0 spiro atoms. The van der Waals surface area contributed by atoms with Crippen molar-refractivity contribution in [2.75, 3.05) is 56.0 Å². The van der Waals surface area contributed by atoms with Gasteiger partial charge in [-0.25, -0.2) is 9.00 Å². The van der Waals surface area contributed by atoms with Crippen LogP contribution in [0.3, 0.4) is 0 Å². The first-order chi connectivity index (χ1) is 28.3. The predicted molar refractivity (Wildman–Crippen MR) is 243 cm³/mol. The number of nitrogens with zero attached hydrogens (tertiary/aromatic N) is 2. The van der Waals surface area contributed by atoms with Gasteiger partial charge in [-0.1, -0.05) is 63.9 Å². The highest BCUT2D eigenvalue weighted by atomic mass is 32.2. The Hall–Kier alpha value is -5.50. The predicted octanol–water partition coefficient (Wildman–Crippen LogP) is 9.54. The number of carbonyl (C=O) groups is 2. The minimum absolute atomic E-state index is 0. The second kappa shape index (κ2) is 20.7. The number of benzene rings is 4. The number of carbonyl (C=O) groups excluding carboxylic acids is 2. The molecule has 6 rings (SSSR count). The van der Waals surface area contributed by atoms with Crippen molar-refractivity contribution in [3.63, 3.8) is 0 Å². The van der Waals surface area contributed by atoms with E-state index in [9.17, 15) is 13.8 Å². The van der Waals surface area contributed by atoms with E-state index in [4.69, 9.17) is 14.2 Å². The maximum absolute atomic E-state index is 13.5. The molecule has 5 N–H and O–H groups in total. The number of rotatable bonds is 16. The van der Waals surface area contributed by atoms with Crippen molar-refractivity contribution >= 4 is 50.6 Å². The molecule has 1 fully saturated rings. The average Bonchev–Trinajstić information content (AvgIpc) is 3.20. The van der Waals surface area contributed by atoms with Gasteiger partial charge in [0.15, 0.2) is 11.5 Å². The normalized spacial score (nSPS) is 13.8.